The second-order valence-electron chi connectivity index (χ2n) is 6.46. The number of Topliss-reactive ketones (excluding diaryl/α,β-unsaturated/α-hetero) is 1. The van der Waals surface area contributed by atoms with Crippen LogP contribution in [0.5, 0.6) is 0 Å². The molecular weight excluding hydrogens is 330 g/mol. The van der Waals surface area contributed by atoms with Crippen molar-refractivity contribution < 1.29 is 4.79 Å². The van der Waals surface area contributed by atoms with Gasteiger partial charge in [-0.3, -0.25) is 9.48 Å². The Kier molecular flexibility index (Phi) is 4.23. The number of carbonyl (C=O) groups is 1. The number of hydrogen-bond acceptors (Lipinski definition) is 3. The summed E-state index contributed by atoms with van der Waals surface area (Å²) >= 11 is 3.63. The molecule has 0 radical (unpaired) electrons. The minimum Gasteiger partial charge on any atom is -0.327 e. The van der Waals surface area contributed by atoms with Crippen LogP contribution in [0.2, 0.25) is 0 Å². The van der Waals surface area contributed by atoms with Crippen LogP contribution in [0.3, 0.4) is 0 Å². The van der Waals surface area contributed by atoms with Crippen molar-refractivity contribution in [3.8, 4) is 0 Å². The first-order chi connectivity index (χ1) is 10.1. The molecule has 3 rings (SSSR count). The fourth-order valence-electron chi connectivity index (χ4n) is 4.28. The van der Waals surface area contributed by atoms with E-state index >= 15 is 0 Å². The van der Waals surface area contributed by atoms with E-state index in [0.717, 1.165) is 35.2 Å². The van der Waals surface area contributed by atoms with Crippen molar-refractivity contribution in [2.45, 2.75) is 58.5 Å². The first-order valence-corrected chi connectivity index (χ1v) is 8.88. The molecule has 4 nitrogen and oxygen atoms in total. The highest BCUT2D eigenvalue weighted by Crippen LogP contribution is 2.48. The van der Waals surface area contributed by atoms with Gasteiger partial charge in [0.1, 0.15) is 5.78 Å². The van der Waals surface area contributed by atoms with Crippen molar-refractivity contribution in [2.75, 3.05) is 0 Å². The summed E-state index contributed by atoms with van der Waals surface area (Å²) < 4.78 is 2.97. The Bertz CT molecular complexity index is 552. The van der Waals surface area contributed by atoms with Crippen LogP contribution < -0.4 is 5.73 Å². The first-order valence-electron chi connectivity index (χ1n) is 8.09. The van der Waals surface area contributed by atoms with Crippen LogP contribution in [0.15, 0.2) is 4.47 Å². The lowest BCUT2D eigenvalue weighted by molar-refractivity contribution is -0.124. The molecule has 4 atom stereocenters. The predicted molar refractivity (Wildman–Crippen MR) is 86.0 cm³/mol. The molecule has 2 aliphatic rings. The lowest BCUT2D eigenvalue weighted by Crippen LogP contribution is -2.41. The number of nitrogens with zero attached hydrogens (tertiary/aromatic N) is 2. The zero-order chi connectivity index (χ0) is 15.1. The third kappa shape index (κ3) is 2.48. The molecule has 5 heteroatoms. The van der Waals surface area contributed by atoms with Gasteiger partial charge < -0.3 is 5.73 Å². The number of hydrogen-bond donors (Lipinski definition) is 1. The van der Waals surface area contributed by atoms with Crippen LogP contribution in [-0.4, -0.2) is 21.6 Å². The predicted octanol–water partition coefficient (Wildman–Crippen LogP) is 2.71. The van der Waals surface area contributed by atoms with E-state index in [-0.39, 0.29) is 12.0 Å². The third-order valence-corrected chi connectivity index (χ3v) is 6.30. The number of carbonyl (C=O) groups excluding carboxylic acids is 1. The molecule has 2 fully saturated rings. The molecule has 21 heavy (non-hydrogen) atoms. The summed E-state index contributed by atoms with van der Waals surface area (Å²) in [7, 11) is 0. The van der Waals surface area contributed by atoms with Crippen LogP contribution in [-0.2, 0) is 24.2 Å². The normalized spacial score (nSPS) is 31.0. The maximum Gasteiger partial charge on any atom is 0.143 e. The van der Waals surface area contributed by atoms with Gasteiger partial charge in [0.2, 0.25) is 0 Å². The molecule has 2 saturated carbocycles. The molecule has 1 heterocycles. The van der Waals surface area contributed by atoms with E-state index in [4.69, 9.17) is 5.73 Å². The topological polar surface area (TPSA) is 60.9 Å². The summed E-state index contributed by atoms with van der Waals surface area (Å²) in [5.74, 6) is 1.49. The Morgan fingerprint density at radius 2 is 2.10 bits per heavy atom. The van der Waals surface area contributed by atoms with Crippen LogP contribution in [0.4, 0.5) is 0 Å². The summed E-state index contributed by atoms with van der Waals surface area (Å²) in [5, 5.41) is 4.58. The SMILES string of the molecule is CCc1nn(CC)c(CC(=O)C2C3CCC(C3)C2N)c1Br. The van der Waals surface area contributed by atoms with Crippen molar-refractivity contribution in [3.05, 3.63) is 15.9 Å². The number of fused-ring (bicyclic) bond motifs is 2. The average Bonchev–Trinajstić information content (AvgIpc) is 3.13. The Morgan fingerprint density at radius 3 is 2.67 bits per heavy atom. The number of nitrogens with two attached hydrogens (primary N) is 1. The maximum atomic E-state index is 12.8. The number of ketones is 1. The Morgan fingerprint density at radius 1 is 1.38 bits per heavy atom. The average molecular weight is 354 g/mol. The summed E-state index contributed by atoms with van der Waals surface area (Å²) in [5.41, 5.74) is 8.37. The molecule has 2 bridgehead atoms. The lowest BCUT2D eigenvalue weighted by Gasteiger charge is -2.27. The second kappa shape index (κ2) is 5.84. The lowest BCUT2D eigenvalue weighted by atomic mass is 9.81. The molecule has 0 aliphatic heterocycles. The van der Waals surface area contributed by atoms with Crippen molar-refractivity contribution in [1.82, 2.24) is 9.78 Å². The highest BCUT2D eigenvalue weighted by atomic mass is 79.9. The van der Waals surface area contributed by atoms with Gasteiger partial charge in [-0.1, -0.05) is 6.92 Å². The molecule has 2 aliphatic carbocycles. The largest absolute Gasteiger partial charge is 0.327 e. The van der Waals surface area contributed by atoms with Gasteiger partial charge in [-0.15, -0.1) is 0 Å². The molecule has 0 saturated heterocycles. The van der Waals surface area contributed by atoms with Crippen molar-refractivity contribution in [1.29, 1.82) is 0 Å². The number of rotatable bonds is 5. The fourth-order valence-corrected chi connectivity index (χ4v) is 4.99. The minimum absolute atomic E-state index is 0.0703. The van der Waals surface area contributed by atoms with Crippen LogP contribution in [0.1, 0.15) is 44.5 Å². The van der Waals surface area contributed by atoms with Crippen LogP contribution >= 0.6 is 15.9 Å². The molecule has 116 valence electrons. The van der Waals surface area contributed by atoms with E-state index in [1.165, 1.54) is 12.8 Å². The Balaban J connectivity index is 1.80. The van der Waals surface area contributed by atoms with E-state index in [2.05, 4.69) is 34.9 Å². The van der Waals surface area contributed by atoms with Crippen molar-refractivity contribution in [3.63, 3.8) is 0 Å². The van der Waals surface area contributed by atoms with Gasteiger partial charge in [0.05, 0.1) is 15.9 Å². The van der Waals surface area contributed by atoms with Crippen molar-refractivity contribution >= 4 is 21.7 Å². The number of halogens is 1. The van der Waals surface area contributed by atoms with Gasteiger partial charge in [-0.05, 0) is 60.4 Å². The quantitative estimate of drug-likeness (QED) is 0.885. The van der Waals surface area contributed by atoms with E-state index in [0.29, 0.717) is 24.0 Å². The van der Waals surface area contributed by atoms with E-state index < -0.39 is 0 Å². The van der Waals surface area contributed by atoms with Gasteiger partial charge in [0.25, 0.3) is 0 Å². The summed E-state index contributed by atoms with van der Waals surface area (Å²) in [6.45, 7) is 4.95. The Hall–Kier alpha value is -0.680. The van der Waals surface area contributed by atoms with E-state index in [9.17, 15) is 4.79 Å². The molecule has 2 N–H and O–H groups in total. The molecule has 0 aromatic carbocycles. The van der Waals surface area contributed by atoms with Gasteiger partial charge in [0, 0.05) is 24.9 Å². The maximum absolute atomic E-state index is 12.8. The molecular formula is C16H24BrN3O. The zero-order valence-electron chi connectivity index (χ0n) is 12.8. The third-order valence-electron chi connectivity index (χ3n) is 5.39. The second-order valence-corrected chi connectivity index (χ2v) is 7.25. The minimum atomic E-state index is 0.0703. The van der Waals surface area contributed by atoms with Gasteiger partial charge in [-0.2, -0.15) is 5.10 Å². The van der Waals surface area contributed by atoms with Crippen LogP contribution in [0, 0.1) is 17.8 Å². The van der Waals surface area contributed by atoms with Crippen LogP contribution in [0.25, 0.3) is 0 Å². The summed E-state index contributed by atoms with van der Waals surface area (Å²) in [4.78, 5) is 12.8. The smallest absolute Gasteiger partial charge is 0.143 e. The molecule has 0 amide bonds. The van der Waals surface area contributed by atoms with Gasteiger partial charge >= 0.3 is 0 Å². The number of aromatic nitrogens is 2. The van der Waals surface area contributed by atoms with Crippen molar-refractivity contribution in [2.24, 2.45) is 23.5 Å². The van der Waals surface area contributed by atoms with E-state index in [1.807, 2.05) is 4.68 Å². The monoisotopic (exact) mass is 353 g/mol. The molecule has 0 spiro atoms. The van der Waals surface area contributed by atoms with Gasteiger partial charge in [-0.25, -0.2) is 0 Å². The molecule has 1 aromatic rings. The fraction of sp³-hybridized carbons (Fsp3) is 0.750. The standard InChI is InChI=1S/C16H24BrN3O/c1-3-11-15(17)12(20(4-2)19-11)8-13(21)14-9-5-6-10(7-9)16(14)18/h9-10,14,16H,3-8,18H2,1-2H3. The van der Waals surface area contributed by atoms with E-state index in [1.54, 1.807) is 0 Å². The first kappa shape index (κ1) is 15.2. The molecule has 4 unspecified atom stereocenters. The summed E-state index contributed by atoms with van der Waals surface area (Å²) in [6.07, 6.45) is 4.90. The highest BCUT2D eigenvalue weighted by molar-refractivity contribution is 9.10. The summed E-state index contributed by atoms with van der Waals surface area (Å²) in [6, 6.07) is 0.0821. The highest BCUT2D eigenvalue weighted by Gasteiger charge is 2.48. The van der Waals surface area contributed by atoms with Gasteiger partial charge in [0.15, 0.2) is 0 Å². The molecule has 1 aromatic heterocycles. The zero-order valence-corrected chi connectivity index (χ0v) is 14.4. The number of aryl methyl sites for hydroxylation is 2. The Labute approximate surface area is 134 Å².